The van der Waals surface area contributed by atoms with Crippen LogP contribution in [0.4, 0.5) is 11.4 Å². The van der Waals surface area contributed by atoms with Crippen molar-refractivity contribution in [1.29, 1.82) is 0 Å². The number of fused-ring (bicyclic) bond motifs is 2. The first-order valence-electron chi connectivity index (χ1n) is 12.9. The molecular weight excluding hydrogens is 464 g/mol. The number of likely N-dealkylation sites (N-methyl/N-ethyl adjacent to an activating group) is 1. The Bertz CT molecular complexity index is 1320. The van der Waals surface area contributed by atoms with Crippen LogP contribution in [0.2, 0.25) is 0 Å². The number of benzene rings is 3. The SMILES string of the molecule is CNC(C)C(=O)N[C@H]1CN(C(=O)CC(C)C)c2ccccc2N(Cc2c(C)ccc3ccccc23)C1=O. The summed E-state index contributed by atoms with van der Waals surface area (Å²) in [5.74, 6) is -0.439. The van der Waals surface area contributed by atoms with E-state index in [1.54, 1.807) is 23.8 Å². The molecule has 1 aliphatic rings. The molecular formula is C30H36N4O3. The van der Waals surface area contributed by atoms with E-state index >= 15 is 0 Å². The molecule has 0 saturated carbocycles. The average molecular weight is 501 g/mol. The second kappa shape index (κ2) is 11.1. The number of amides is 3. The molecule has 7 nitrogen and oxygen atoms in total. The molecule has 3 amide bonds. The largest absolute Gasteiger partial charge is 0.341 e. The highest BCUT2D eigenvalue weighted by Gasteiger charge is 2.37. The standard InChI is InChI=1S/C30H36N4O3/c1-19(2)16-28(35)33-18-25(32-29(36)21(4)31-5)30(37)34(27-13-9-8-12-26(27)33)17-24-20(3)14-15-22-10-6-7-11-23(22)24/h6-15,19,21,25,31H,16-18H2,1-5H3,(H,32,36)/t21?,25-/m0/s1. The van der Waals surface area contributed by atoms with Crippen LogP contribution in [-0.2, 0) is 20.9 Å². The van der Waals surface area contributed by atoms with Crippen molar-refractivity contribution in [2.75, 3.05) is 23.4 Å². The number of hydrogen-bond donors (Lipinski definition) is 2. The van der Waals surface area contributed by atoms with Gasteiger partial charge in [-0.15, -0.1) is 0 Å². The molecule has 0 bridgehead atoms. The van der Waals surface area contributed by atoms with Gasteiger partial charge in [0.15, 0.2) is 0 Å². The lowest BCUT2D eigenvalue weighted by Crippen LogP contribution is -2.55. The van der Waals surface area contributed by atoms with Crippen LogP contribution >= 0.6 is 0 Å². The fourth-order valence-corrected chi connectivity index (χ4v) is 4.79. The third-order valence-corrected chi connectivity index (χ3v) is 7.01. The molecule has 0 aliphatic carbocycles. The lowest BCUT2D eigenvalue weighted by atomic mass is 9.99. The van der Waals surface area contributed by atoms with Crippen molar-refractivity contribution >= 4 is 39.9 Å². The van der Waals surface area contributed by atoms with E-state index in [9.17, 15) is 14.4 Å². The Hall–Kier alpha value is -3.71. The molecule has 2 N–H and O–H groups in total. The van der Waals surface area contributed by atoms with Gasteiger partial charge in [-0.25, -0.2) is 0 Å². The van der Waals surface area contributed by atoms with Crippen LogP contribution in [-0.4, -0.2) is 43.4 Å². The fourth-order valence-electron chi connectivity index (χ4n) is 4.79. The van der Waals surface area contributed by atoms with Gasteiger partial charge in [-0.05, 0) is 60.8 Å². The van der Waals surface area contributed by atoms with E-state index in [-0.39, 0.29) is 30.2 Å². The predicted molar refractivity (Wildman–Crippen MR) is 149 cm³/mol. The van der Waals surface area contributed by atoms with Crippen LogP contribution in [0.25, 0.3) is 10.8 Å². The highest BCUT2D eigenvalue weighted by atomic mass is 16.2. The maximum atomic E-state index is 14.1. The quantitative estimate of drug-likeness (QED) is 0.510. The summed E-state index contributed by atoms with van der Waals surface area (Å²) in [7, 11) is 1.70. The van der Waals surface area contributed by atoms with Gasteiger partial charge in [0, 0.05) is 6.42 Å². The number of carbonyl (C=O) groups excluding carboxylic acids is 3. The van der Waals surface area contributed by atoms with Crippen molar-refractivity contribution < 1.29 is 14.4 Å². The lowest BCUT2D eigenvalue weighted by Gasteiger charge is -2.27. The Morgan fingerprint density at radius 1 is 0.973 bits per heavy atom. The minimum absolute atomic E-state index is 0.0700. The van der Waals surface area contributed by atoms with Gasteiger partial charge in [0.2, 0.25) is 11.8 Å². The molecule has 0 saturated heterocycles. The number of para-hydroxylation sites is 2. The van der Waals surface area contributed by atoms with Crippen LogP contribution in [0.1, 0.15) is 38.3 Å². The number of nitrogens with one attached hydrogen (secondary N) is 2. The minimum Gasteiger partial charge on any atom is -0.341 e. The summed E-state index contributed by atoms with van der Waals surface area (Å²) in [5, 5.41) is 8.01. The smallest absolute Gasteiger partial charge is 0.251 e. The van der Waals surface area contributed by atoms with E-state index in [1.165, 1.54) is 0 Å². The number of anilines is 2. The zero-order chi connectivity index (χ0) is 26.7. The molecule has 1 unspecified atom stereocenters. The summed E-state index contributed by atoms with van der Waals surface area (Å²) in [5.41, 5.74) is 3.45. The second-order valence-corrected chi connectivity index (χ2v) is 10.2. The highest BCUT2D eigenvalue weighted by molar-refractivity contribution is 6.08. The van der Waals surface area contributed by atoms with Gasteiger partial charge >= 0.3 is 0 Å². The number of nitrogens with zero attached hydrogens (tertiary/aromatic N) is 2. The zero-order valence-corrected chi connectivity index (χ0v) is 22.2. The first-order valence-corrected chi connectivity index (χ1v) is 12.9. The number of rotatable bonds is 7. The number of carbonyl (C=O) groups is 3. The molecule has 1 heterocycles. The van der Waals surface area contributed by atoms with Gasteiger partial charge in [0.05, 0.1) is 30.5 Å². The Kier molecular flexibility index (Phi) is 7.93. The molecule has 3 aromatic rings. The van der Waals surface area contributed by atoms with Crippen molar-refractivity contribution in [2.45, 2.75) is 52.7 Å². The maximum Gasteiger partial charge on any atom is 0.251 e. The highest BCUT2D eigenvalue weighted by Crippen LogP contribution is 2.36. The summed E-state index contributed by atoms with van der Waals surface area (Å²) in [6.45, 7) is 8.18. The van der Waals surface area contributed by atoms with Gasteiger partial charge in [-0.3, -0.25) is 14.4 Å². The average Bonchev–Trinajstić information content (AvgIpc) is 2.99. The summed E-state index contributed by atoms with van der Waals surface area (Å²) in [6.07, 6.45) is 0.346. The monoisotopic (exact) mass is 500 g/mol. The molecule has 3 aromatic carbocycles. The third-order valence-electron chi connectivity index (χ3n) is 7.01. The van der Waals surface area contributed by atoms with Gasteiger partial charge in [0.25, 0.3) is 5.91 Å². The topological polar surface area (TPSA) is 81.8 Å². The van der Waals surface area contributed by atoms with Gasteiger partial charge in [-0.1, -0.05) is 62.4 Å². The number of hydrogen-bond acceptors (Lipinski definition) is 4. The van der Waals surface area contributed by atoms with Crippen LogP contribution in [0, 0.1) is 12.8 Å². The normalized spacial score (nSPS) is 16.5. The Labute approximate surface area is 218 Å². The van der Waals surface area contributed by atoms with E-state index in [4.69, 9.17) is 0 Å². The van der Waals surface area contributed by atoms with Crippen molar-refractivity contribution in [2.24, 2.45) is 5.92 Å². The Morgan fingerprint density at radius 3 is 2.35 bits per heavy atom. The molecule has 194 valence electrons. The maximum absolute atomic E-state index is 14.1. The van der Waals surface area contributed by atoms with E-state index < -0.39 is 12.1 Å². The van der Waals surface area contributed by atoms with Gasteiger partial charge in [0.1, 0.15) is 6.04 Å². The minimum atomic E-state index is -0.887. The summed E-state index contributed by atoms with van der Waals surface area (Å²) in [4.78, 5) is 43.8. The first-order chi connectivity index (χ1) is 17.7. The van der Waals surface area contributed by atoms with E-state index in [0.29, 0.717) is 24.3 Å². The molecule has 0 spiro atoms. The van der Waals surface area contributed by atoms with E-state index in [1.807, 2.05) is 57.2 Å². The van der Waals surface area contributed by atoms with Crippen molar-refractivity contribution in [1.82, 2.24) is 10.6 Å². The molecule has 1 aliphatic heterocycles. The third kappa shape index (κ3) is 5.52. The zero-order valence-electron chi connectivity index (χ0n) is 22.2. The molecule has 0 fully saturated rings. The number of aryl methyl sites for hydroxylation is 1. The molecule has 4 rings (SSSR count). The fraction of sp³-hybridized carbons (Fsp3) is 0.367. The molecule has 2 atom stereocenters. The summed E-state index contributed by atoms with van der Waals surface area (Å²) >= 11 is 0. The molecule has 7 heteroatoms. The Balaban J connectivity index is 1.83. The lowest BCUT2D eigenvalue weighted by molar-refractivity contribution is -0.128. The molecule has 0 aromatic heterocycles. The van der Waals surface area contributed by atoms with Crippen LogP contribution in [0.5, 0.6) is 0 Å². The van der Waals surface area contributed by atoms with E-state index in [2.05, 4.69) is 34.9 Å². The molecule has 37 heavy (non-hydrogen) atoms. The molecule has 0 radical (unpaired) electrons. The van der Waals surface area contributed by atoms with Crippen LogP contribution < -0.4 is 20.4 Å². The van der Waals surface area contributed by atoms with Crippen molar-refractivity contribution in [3.63, 3.8) is 0 Å². The van der Waals surface area contributed by atoms with Crippen LogP contribution in [0.3, 0.4) is 0 Å². The summed E-state index contributed by atoms with van der Waals surface area (Å²) < 4.78 is 0. The van der Waals surface area contributed by atoms with E-state index in [0.717, 1.165) is 21.9 Å². The van der Waals surface area contributed by atoms with Crippen LogP contribution in [0.15, 0.2) is 60.7 Å². The first kappa shape index (κ1) is 26.4. The van der Waals surface area contributed by atoms with Crippen molar-refractivity contribution in [3.8, 4) is 0 Å². The predicted octanol–water partition coefficient (Wildman–Crippen LogP) is 4.17. The Morgan fingerprint density at radius 2 is 1.65 bits per heavy atom. The van der Waals surface area contributed by atoms with Crippen molar-refractivity contribution in [3.05, 3.63) is 71.8 Å². The second-order valence-electron chi connectivity index (χ2n) is 10.2. The van der Waals surface area contributed by atoms with Gasteiger partial charge < -0.3 is 20.4 Å². The van der Waals surface area contributed by atoms with Gasteiger partial charge in [-0.2, -0.15) is 0 Å². The summed E-state index contributed by atoms with van der Waals surface area (Å²) in [6, 6.07) is 18.4.